The average molecular weight is 340 g/mol. The number of para-hydroxylation sites is 1. The molecule has 25 heavy (non-hydrogen) atoms. The van der Waals surface area contributed by atoms with Crippen LogP contribution in [0.4, 0.5) is 5.69 Å². The highest BCUT2D eigenvalue weighted by Gasteiger charge is 2.13. The van der Waals surface area contributed by atoms with Gasteiger partial charge in [0.25, 0.3) is 11.8 Å². The van der Waals surface area contributed by atoms with Gasteiger partial charge >= 0.3 is 0 Å². The molecule has 2 aromatic carbocycles. The van der Waals surface area contributed by atoms with Crippen LogP contribution in [0.15, 0.2) is 48.5 Å². The van der Waals surface area contributed by atoms with Crippen molar-refractivity contribution in [1.82, 2.24) is 5.32 Å². The van der Waals surface area contributed by atoms with E-state index in [1.54, 1.807) is 24.3 Å². The van der Waals surface area contributed by atoms with Gasteiger partial charge in [-0.3, -0.25) is 9.59 Å². The van der Waals surface area contributed by atoms with E-state index >= 15 is 0 Å². The standard InChI is InChI=1S/C20H24N2O3/c1-3-4-13-21-20(24)17-7-5-6-8-18(17)22-19(23)14-25-16-11-9-15(2)10-12-16/h5-12H,3-4,13-14H2,1-2H3,(H,21,24)(H,22,23). The van der Waals surface area contributed by atoms with E-state index in [0.717, 1.165) is 18.4 Å². The van der Waals surface area contributed by atoms with Crippen LogP contribution in [0.1, 0.15) is 35.7 Å². The number of aryl methyl sites for hydroxylation is 1. The predicted molar refractivity (Wildman–Crippen MR) is 99.0 cm³/mol. The van der Waals surface area contributed by atoms with Crippen LogP contribution in [-0.2, 0) is 4.79 Å². The number of amides is 2. The first kappa shape index (κ1) is 18.5. The van der Waals surface area contributed by atoms with Gasteiger partial charge in [0.15, 0.2) is 6.61 Å². The molecule has 0 bridgehead atoms. The molecule has 0 spiro atoms. The number of unbranched alkanes of at least 4 members (excludes halogenated alkanes) is 1. The fourth-order valence-corrected chi connectivity index (χ4v) is 2.23. The minimum atomic E-state index is -0.311. The Kier molecular flexibility index (Phi) is 7.01. The smallest absolute Gasteiger partial charge is 0.262 e. The molecule has 0 aliphatic rings. The van der Waals surface area contributed by atoms with Crippen LogP contribution in [0.3, 0.4) is 0 Å². The maximum Gasteiger partial charge on any atom is 0.262 e. The van der Waals surface area contributed by atoms with Crippen LogP contribution >= 0.6 is 0 Å². The van der Waals surface area contributed by atoms with E-state index in [4.69, 9.17) is 4.74 Å². The van der Waals surface area contributed by atoms with E-state index < -0.39 is 0 Å². The number of carbonyl (C=O) groups is 2. The molecule has 2 aromatic rings. The first-order valence-electron chi connectivity index (χ1n) is 8.46. The molecule has 0 fully saturated rings. The second-order valence-electron chi connectivity index (χ2n) is 5.80. The third-order valence-corrected chi connectivity index (χ3v) is 3.65. The quantitative estimate of drug-likeness (QED) is 0.722. The Morgan fingerprint density at radius 1 is 1.04 bits per heavy atom. The summed E-state index contributed by atoms with van der Waals surface area (Å²) < 4.78 is 5.46. The largest absolute Gasteiger partial charge is 0.484 e. The number of nitrogens with one attached hydrogen (secondary N) is 2. The van der Waals surface area contributed by atoms with Crippen molar-refractivity contribution in [2.75, 3.05) is 18.5 Å². The molecule has 0 heterocycles. The van der Waals surface area contributed by atoms with Gasteiger partial charge in [-0.15, -0.1) is 0 Å². The molecule has 0 saturated carbocycles. The van der Waals surface area contributed by atoms with Gasteiger partial charge in [-0.25, -0.2) is 0 Å². The lowest BCUT2D eigenvalue weighted by molar-refractivity contribution is -0.118. The van der Waals surface area contributed by atoms with Crippen LogP contribution in [0.25, 0.3) is 0 Å². The van der Waals surface area contributed by atoms with E-state index in [1.807, 2.05) is 31.2 Å². The van der Waals surface area contributed by atoms with Gasteiger partial charge in [0.05, 0.1) is 11.3 Å². The summed E-state index contributed by atoms with van der Waals surface area (Å²) in [5.74, 6) is 0.129. The van der Waals surface area contributed by atoms with Gasteiger partial charge in [-0.1, -0.05) is 43.2 Å². The van der Waals surface area contributed by atoms with Crippen molar-refractivity contribution in [1.29, 1.82) is 0 Å². The summed E-state index contributed by atoms with van der Waals surface area (Å²) in [5.41, 5.74) is 2.05. The van der Waals surface area contributed by atoms with Gasteiger partial charge in [-0.2, -0.15) is 0 Å². The van der Waals surface area contributed by atoms with E-state index in [2.05, 4.69) is 17.6 Å². The first-order chi connectivity index (χ1) is 12.1. The monoisotopic (exact) mass is 340 g/mol. The van der Waals surface area contributed by atoms with Crippen molar-refractivity contribution >= 4 is 17.5 Å². The van der Waals surface area contributed by atoms with Gasteiger partial charge in [0.2, 0.25) is 0 Å². The topological polar surface area (TPSA) is 67.4 Å². The molecule has 0 aliphatic heterocycles. The van der Waals surface area contributed by atoms with Crippen LogP contribution in [0.5, 0.6) is 5.75 Å². The normalized spacial score (nSPS) is 10.2. The highest BCUT2D eigenvalue weighted by Crippen LogP contribution is 2.16. The zero-order valence-corrected chi connectivity index (χ0v) is 14.7. The summed E-state index contributed by atoms with van der Waals surface area (Å²) >= 11 is 0. The second kappa shape index (κ2) is 9.47. The van der Waals surface area contributed by atoms with Crippen LogP contribution < -0.4 is 15.4 Å². The Morgan fingerprint density at radius 3 is 2.48 bits per heavy atom. The summed E-state index contributed by atoms with van der Waals surface area (Å²) in [4.78, 5) is 24.4. The number of hydrogen-bond donors (Lipinski definition) is 2. The summed E-state index contributed by atoms with van der Waals surface area (Å²) in [7, 11) is 0. The van der Waals surface area contributed by atoms with Crippen molar-refractivity contribution in [3.05, 3.63) is 59.7 Å². The fraction of sp³-hybridized carbons (Fsp3) is 0.300. The molecule has 0 radical (unpaired) electrons. The van der Waals surface area contributed by atoms with Crippen molar-refractivity contribution in [3.8, 4) is 5.75 Å². The Balaban J connectivity index is 1.93. The molecule has 5 nitrogen and oxygen atoms in total. The highest BCUT2D eigenvalue weighted by molar-refractivity contribution is 6.04. The lowest BCUT2D eigenvalue weighted by Crippen LogP contribution is -2.27. The van der Waals surface area contributed by atoms with Gasteiger partial charge in [0, 0.05) is 6.54 Å². The van der Waals surface area contributed by atoms with Crippen LogP contribution in [0.2, 0.25) is 0 Å². The van der Waals surface area contributed by atoms with Crippen LogP contribution in [0, 0.1) is 6.92 Å². The Morgan fingerprint density at radius 2 is 1.76 bits per heavy atom. The lowest BCUT2D eigenvalue weighted by atomic mass is 10.1. The SMILES string of the molecule is CCCCNC(=O)c1ccccc1NC(=O)COc1ccc(C)cc1. The third kappa shape index (κ3) is 5.95. The number of hydrogen-bond acceptors (Lipinski definition) is 3. The summed E-state index contributed by atoms with van der Waals surface area (Å²) in [6, 6.07) is 14.4. The molecule has 0 saturated heterocycles. The number of anilines is 1. The van der Waals surface area contributed by atoms with Crippen molar-refractivity contribution < 1.29 is 14.3 Å². The molecular weight excluding hydrogens is 316 g/mol. The van der Waals surface area contributed by atoms with E-state index in [9.17, 15) is 9.59 Å². The van der Waals surface area contributed by atoms with Gasteiger partial charge in [-0.05, 0) is 37.6 Å². The van der Waals surface area contributed by atoms with Gasteiger partial charge < -0.3 is 15.4 Å². The molecule has 0 aromatic heterocycles. The zero-order chi connectivity index (χ0) is 18.1. The summed E-state index contributed by atoms with van der Waals surface area (Å²) in [6.45, 7) is 4.55. The Bertz CT molecular complexity index is 711. The zero-order valence-electron chi connectivity index (χ0n) is 14.7. The molecular formula is C20H24N2O3. The summed E-state index contributed by atoms with van der Waals surface area (Å²) in [6.07, 6.45) is 1.93. The third-order valence-electron chi connectivity index (χ3n) is 3.65. The molecule has 0 atom stereocenters. The maximum absolute atomic E-state index is 12.2. The molecule has 132 valence electrons. The van der Waals surface area contributed by atoms with E-state index in [1.165, 1.54) is 0 Å². The highest BCUT2D eigenvalue weighted by atomic mass is 16.5. The minimum absolute atomic E-state index is 0.116. The Hall–Kier alpha value is -2.82. The minimum Gasteiger partial charge on any atom is -0.484 e. The van der Waals surface area contributed by atoms with E-state index in [0.29, 0.717) is 23.5 Å². The second-order valence-corrected chi connectivity index (χ2v) is 5.80. The first-order valence-corrected chi connectivity index (χ1v) is 8.46. The summed E-state index contributed by atoms with van der Waals surface area (Å²) in [5, 5.41) is 5.59. The van der Waals surface area contributed by atoms with Crippen LogP contribution in [-0.4, -0.2) is 25.0 Å². The van der Waals surface area contributed by atoms with Crippen molar-refractivity contribution in [3.63, 3.8) is 0 Å². The number of rotatable bonds is 8. The predicted octanol–water partition coefficient (Wildman–Crippen LogP) is 3.54. The molecule has 2 amide bonds. The molecule has 2 N–H and O–H groups in total. The number of carbonyl (C=O) groups excluding carboxylic acids is 2. The van der Waals surface area contributed by atoms with E-state index in [-0.39, 0.29) is 18.4 Å². The molecule has 0 unspecified atom stereocenters. The molecule has 5 heteroatoms. The van der Waals surface area contributed by atoms with Crippen molar-refractivity contribution in [2.24, 2.45) is 0 Å². The number of benzene rings is 2. The fourth-order valence-electron chi connectivity index (χ4n) is 2.23. The number of ether oxygens (including phenoxy) is 1. The average Bonchev–Trinajstić information content (AvgIpc) is 2.62. The maximum atomic E-state index is 12.2. The molecule has 2 rings (SSSR count). The lowest BCUT2D eigenvalue weighted by Gasteiger charge is -2.12. The molecule has 0 aliphatic carbocycles. The Labute approximate surface area is 148 Å². The van der Waals surface area contributed by atoms with Gasteiger partial charge in [0.1, 0.15) is 5.75 Å². The van der Waals surface area contributed by atoms with Crippen molar-refractivity contribution in [2.45, 2.75) is 26.7 Å².